The lowest BCUT2D eigenvalue weighted by molar-refractivity contribution is 0.114. The zero-order valence-corrected chi connectivity index (χ0v) is 21.4. The van der Waals surface area contributed by atoms with Gasteiger partial charge in [0.2, 0.25) is 10.0 Å². The van der Waals surface area contributed by atoms with Gasteiger partial charge in [0.05, 0.1) is 17.5 Å². The second kappa shape index (κ2) is 13.5. The van der Waals surface area contributed by atoms with E-state index in [4.69, 9.17) is 10.5 Å². The molecule has 0 aliphatic carbocycles. The average Bonchev–Trinajstić information content (AvgIpc) is 3.18. The Labute approximate surface area is 198 Å². The molecule has 1 heterocycles. The van der Waals surface area contributed by atoms with E-state index in [-0.39, 0.29) is 41.0 Å². The monoisotopic (exact) mass is 552 g/mol. The minimum Gasteiger partial charge on any atom is -0.377 e. The molecule has 0 saturated carbocycles. The molecule has 0 radical (unpaired) electrons. The third-order valence-corrected chi connectivity index (χ3v) is 6.44. The smallest absolute Gasteiger partial charge is 0.240 e. The quantitative estimate of drug-likeness (QED) is 0.222. The van der Waals surface area contributed by atoms with Crippen molar-refractivity contribution >= 4 is 40.0 Å². The second-order valence-electron chi connectivity index (χ2n) is 8.20. The maximum atomic E-state index is 12.4. The molecule has 1 aliphatic heterocycles. The van der Waals surface area contributed by atoms with E-state index >= 15 is 0 Å². The summed E-state index contributed by atoms with van der Waals surface area (Å²) in [6, 6.07) is 7.01. The largest absolute Gasteiger partial charge is 0.377 e. The Morgan fingerprint density at radius 2 is 1.93 bits per heavy atom. The van der Waals surface area contributed by atoms with Crippen molar-refractivity contribution < 1.29 is 13.2 Å². The van der Waals surface area contributed by atoms with Gasteiger partial charge in [-0.2, -0.15) is 0 Å². The van der Waals surface area contributed by atoms with Crippen LogP contribution in [0.15, 0.2) is 34.2 Å². The van der Waals surface area contributed by atoms with Crippen LogP contribution in [0.5, 0.6) is 0 Å². The predicted molar refractivity (Wildman–Crippen MR) is 133 cm³/mol. The maximum Gasteiger partial charge on any atom is 0.240 e. The van der Waals surface area contributed by atoms with Crippen molar-refractivity contribution in [2.75, 3.05) is 13.2 Å². The predicted octanol–water partition coefficient (Wildman–Crippen LogP) is 3.38. The first kappa shape index (κ1) is 27.1. The Hall–Kier alpha value is -0.910. The summed E-state index contributed by atoms with van der Waals surface area (Å²) >= 11 is 0. The average molecular weight is 553 g/mol. The Balaban J connectivity index is 0.00000450. The molecule has 0 aromatic heterocycles. The van der Waals surface area contributed by atoms with E-state index in [0.717, 1.165) is 31.2 Å². The van der Waals surface area contributed by atoms with Gasteiger partial charge in [-0.05, 0) is 49.8 Å². The van der Waals surface area contributed by atoms with Crippen molar-refractivity contribution in [3.05, 3.63) is 29.8 Å². The second-order valence-corrected chi connectivity index (χ2v) is 9.97. The van der Waals surface area contributed by atoms with Gasteiger partial charge in [0.15, 0.2) is 5.96 Å². The van der Waals surface area contributed by atoms with Crippen molar-refractivity contribution in [2.45, 2.75) is 76.5 Å². The number of ether oxygens (including phenoxy) is 1. The van der Waals surface area contributed by atoms with E-state index in [9.17, 15) is 8.42 Å². The highest BCUT2D eigenvalue weighted by Crippen LogP contribution is 2.14. The van der Waals surface area contributed by atoms with E-state index in [2.05, 4.69) is 35.8 Å². The number of nitrogens with two attached hydrogens (primary N) is 1. The molecule has 0 bridgehead atoms. The summed E-state index contributed by atoms with van der Waals surface area (Å²) in [6.45, 7) is 7.98. The normalized spacial score (nSPS) is 18.3. The van der Waals surface area contributed by atoms with E-state index in [0.29, 0.717) is 31.6 Å². The van der Waals surface area contributed by atoms with Crippen LogP contribution in [0.2, 0.25) is 0 Å². The van der Waals surface area contributed by atoms with Gasteiger partial charge in [-0.15, -0.1) is 24.0 Å². The van der Waals surface area contributed by atoms with Crippen LogP contribution in [0.1, 0.15) is 58.4 Å². The van der Waals surface area contributed by atoms with Gasteiger partial charge in [0.1, 0.15) is 0 Å². The molecule has 1 fully saturated rings. The van der Waals surface area contributed by atoms with Crippen molar-refractivity contribution in [3.8, 4) is 0 Å². The van der Waals surface area contributed by atoms with Gasteiger partial charge >= 0.3 is 0 Å². The third-order valence-electron chi connectivity index (χ3n) is 5.00. The lowest BCUT2D eigenvalue weighted by atomic mass is 10.0. The van der Waals surface area contributed by atoms with Crippen molar-refractivity contribution in [3.63, 3.8) is 0 Å². The first-order chi connectivity index (χ1) is 13.8. The summed E-state index contributed by atoms with van der Waals surface area (Å²) in [5.41, 5.74) is 6.88. The summed E-state index contributed by atoms with van der Waals surface area (Å²) < 4.78 is 32.9. The van der Waals surface area contributed by atoms with Gasteiger partial charge in [-0.3, -0.25) is 0 Å². The molecule has 1 saturated heterocycles. The molecular formula is C21H37IN4O3S. The molecule has 1 aliphatic rings. The number of nitrogens with one attached hydrogen (secondary N) is 2. The number of guanidine groups is 1. The minimum atomic E-state index is -3.53. The zero-order valence-electron chi connectivity index (χ0n) is 18.3. The summed E-state index contributed by atoms with van der Waals surface area (Å²) in [7, 11) is -3.53. The van der Waals surface area contributed by atoms with Crippen molar-refractivity contribution in [2.24, 2.45) is 16.6 Å². The number of benzene rings is 1. The maximum absolute atomic E-state index is 12.4. The molecule has 30 heavy (non-hydrogen) atoms. The van der Waals surface area contributed by atoms with E-state index in [1.54, 1.807) is 24.3 Å². The van der Waals surface area contributed by atoms with Gasteiger partial charge in [-0.25, -0.2) is 18.1 Å². The van der Waals surface area contributed by atoms with Crippen LogP contribution in [0, 0.1) is 5.92 Å². The Morgan fingerprint density at radius 1 is 1.23 bits per heavy atom. The summed E-state index contributed by atoms with van der Waals surface area (Å²) in [5, 5.41) is 3.21. The highest BCUT2D eigenvalue weighted by molar-refractivity contribution is 14.0. The fourth-order valence-corrected chi connectivity index (χ4v) is 4.31. The van der Waals surface area contributed by atoms with E-state index in [1.165, 1.54) is 6.42 Å². The van der Waals surface area contributed by atoms with Crippen LogP contribution in [0.3, 0.4) is 0 Å². The topological polar surface area (TPSA) is 106 Å². The zero-order chi connectivity index (χ0) is 21.3. The standard InChI is InChI=1S/C21H36N4O3S.HI/c1-16(2)6-4-7-17(3)25-21(22)23-14-18-9-11-20(12-10-18)29(26,27)24-15-19-8-5-13-28-19;/h9-12,16-17,19,24H,4-8,13-15H2,1-3H3,(H3,22,23,25);1H. The van der Waals surface area contributed by atoms with Crippen LogP contribution in [-0.2, 0) is 21.3 Å². The van der Waals surface area contributed by atoms with Crippen LogP contribution in [-0.4, -0.2) is 39.7 Å². The number of hydrogen-bond acceptors (Lipinski definition) is 4. The molecule has 9 heteroatoms. The molecular weight excluding hydrogens is 515 g/mol. The number of hydrogen-bond donors (Lipinski definition) is 3. The molecule has 2 unspecified atom stereocenters. The Morgan fingerprint density at radius 3 is 2.53 bits per heavy atom. The minimum absolute atomic E-state index is 0. The van der Waals surface area contributed by atoms with Crippen LogP contribution in [0.4, 0.5) is 0 Å². The van der Waals surface area contributed by atoms with Crippen LogP contribution >= 0.6 is 24.0 Å². The number of aliphatic imine (C=N–C) groups is 1. The highest BCUT2D eigenvalue weighted by Gasteiger charge is 2.20. The molecule has 0 spiro atoms. The number of nitrogens with zero attached hydrogens (tertiary/aromatic N) is 1. The van der Waals surface area contributed by atoms with Gasteiger partial charge in [-0.1, -0.05) is 38.8 Å². The van der Waals surface area contributed by atoms with E-state index < -0.39 is 10.0 Å². The molecule has 1 aromatic carbocycles. The number of rotatable bonds is 11. The molecule has 172 valence electrons. The molecule has 1 aromatic rings. The van der Waals surface area contributed by atoms with E-state index in [1.807, 2.05) is 0 Å². The lowest BCUT2D eigenvalue weighted by Crippen LogP contribution is -2.38. The summed E-state index contributed by atoms with van der Waals surface area (Å²) in [5.74, 6) is 1.13. The van der Waals surface area contributed by atoms with Gasteiger partial charge < -0.3 is 15.8 Å². The molecule has 0 amide bonds. The number of sulfonamides is 1. The summed E-state index contributed by atoms with van der Waals surface area (Å²) in [6.07, 6.45) is 5.28. The van der Waals surface area contributed by atoms with Gasteiger partial charge in [0, 0.05) is 19.2 Å². The first-order valence-electron chi connectivity index (χ1n) is 10.5. The van der Waals surface area contributed by atoms with Crippen LogP contribution in [0.25, 0.3) is 0 Å². The molecule has 2 atom stereocenters. The first-order valence-corrected chi connectivity index (χ1v) is 12.0. The molecule has 2 rings (SSSR count). The molecule has 7 nitrogen and oxygen atoms in total. The lowest BCUT2D eigenvalue weighted by Gasteiger charge is -2.15. The fourth-order valence-electron chi connectivity index (χ4n) is 3.24. The number of halogens is 1. The SMILES string of the molecule is CC(C)CCCC(C)NC(N)=NCc1ccc(S(=O)(=O)NCC2CCCO2)cc1.I. The third kappa shape index (κ3) is 9.93. The van der Waals surface area contributed by atoms with Crippen molar-refractivity contribution in [1.29, 1.82) is 0 Å². The highest BCUT2D eigenvalue weighted by atomic mass is 127. The fraction of sp³-hybridized carbons (Fsp3) is 0.667. The Bertz CT molecular complexity index is 748. The van der Waals surface area contributed by atoms with Gasteiger partial charge in [0.25, 0.3) is 0 Å². The van der Waals surface area contributed by atoms with Crippen LogP contribution < -0.4 is 15.8 Å². The Kier molecular flexibility index (Phi) is 12.2. The summed E-state index contributed by atoms with van der Waals surface area (Å²) in [4.78, 5) is 4.60. The molecule has 4 N–H and O–H groups in total. The van der Waals surface area contributed by atoms with Crippen molar-refractivity contribution in [1.82, 2.24) is 10.0 Å².